The summed E-state index contributed by atoms with van der Waals surface area (Å²) >= 11 is 0. The largest absolute Gasteiger partial charge is 0.313 e. The molecule has 2 nitrogen and oxygen atoms in total. The van der Waals surface area contributed by atoms with E-state index in [1.165, 1.54) is 77.4 Å². The molecule has 0 spiro atoms. The Morgan fingerprint density at radius 3 is 2.47 bits per heavy atom. The first-order chi connectivity index (χ1) is 9.35. The van der Waals surface area contributed by atoms with Gasteiger partial charge in [-0.05, 0) is 50.5 Å². The van der Waals surface area contributed by atoms with E-state index in [0.29, 0.717) is 0 Å². The molecule has 0 aromatic heterocycles. The second-order valence-corrected chi connectivity index (χ2v) is 7.32. The predicted molar refractivity (Wildman–Crippen MR) is 81.4 cm³/mol. The zero-order valence-corrected chi connectivity index (χ0v) is 12.7. The molecule has 1 aliphatic heterocycles. The fourth-order valence-electron chi connectivity index (χ4n) is 4.30. The molecular weight excluding hydrogens is 232 g/mol. The second kappa shape index (κ2) is 6.58. The van der Waals surface area contributed by atoms with Gasteiger partial charge in [0.1, 0.15) is 0 Å². The maximum absolute atomic E-state index is 3.81. The van der Waals surface area contributed by atoms with Gasteiger partial charge >= 0.3 is 0 Å². The Balaban J connectivity index is 1.55. The first kappa shape index (κ1) is 13.9. The number of piperidine rings is 1. The van der Waals surface area contributed by atoms with Crippen LogP contribution in [0.15, 0.2) is 0 Å². The summed E-state index contributed by atoms with van der Waals surface area (Å²) in [6.07, 6.45) is 13.2. The van der Waals surface area contributed by atoms with Gasteiger partial charge in [0.25, 0.3) is 0 Å². The third kappa shape index (κ3) is 3.95. The lowest BCUT2D eigenvalue weighted by Crippen LogP contribution is -2.52. The van der Waals surface area contributed by atoms with Crippen LogP contribution >= 0.6 is 0 Å². The van der Waals surface area contributed by atoms with E-state index in [1.807, 2.05) is 0 Å². The van der Waals surface area contributed by atoms with Crippen LogP contribution in [0.1, 0.15) is 64.7 Å². The van der Waals surface area contributed by atoms with Gasteiger partial charge in [-0.15, -0.1) is 0 Å². The van der Waals surface area contributed by atoms with Crippen molar-refractivity contribution in [3.8, 4) is 0 Å². The van der Waals surface area contributed by atoms with Gasteiger partial charge in [0.05, 0.1) is 0 Å². The Kier molecular flexibility index (Phi) is 4.81. The predicted octanol–water partition coefficient (Wildman–Crippen LogP) is 3.42. The molecule has 0 aromatic carbocycles. The SMILES string of the molecule is CCCNC1CC(CC2CC2)CN(C2CCCC2)C1. The third-order valence-corrected chi connectivity index (χ3v) is 5.45. The molecule has 3 rings (SSSR count). The Labute approximate surface area is 119 Å². The minimum Gasteiger partial charge on any atom is -0.313 e. The average molecular weight is 264 g/mol. The molecule has 0 amide bonds. The smallest absolute Gasteiger partial charge is 0.0198 e. The van der Waals surface area contributed by atoms with Gasteiger partial charge < -0.3 is 5.32 Å². The van der Waals surface area contributed by atoms with Crippen LogP contribution in [0.4, 0.5) is 0 Å². The van der Waals surface area contributed by atoms with E-state index in [1.54, 1.807) is 0 Å². The molecule has 1 N–H and O–H groups in total. The van der Waals surface area contributed by atoms with Crippen molar-refractivity contribution in [2.24, 2.45) is 11.8 Å². The van der Waals surface area contributed by atoms with Crippen LogP contribution in [0, 0.1) is 11.8 Å². The molecule has 1 saturated heterocycles. The summed E-state index contributed by atoms with van der Waals surface area (Å²) < 4.78 is 0. The van der Waals surface area contributed by atoms with Gasteiger partial charge in [-0.25, -0.2) is 0 Å². The van der Waals surface area contributed by atoms with Crippen LogP contribution in [0.5, 0.6) is 0 Å². The molecular formula is C17H32N2. The lowest BCUT2D eigenvalue weighted by atomic mass is 9.88. The van der Waals surface area contributed by atoms with Crippen molar-refractivity contribution in [1.29, 1.82) is 0 Å². The van der Waals surface area contributed by atoms with E-state index in [9.17, 15) is 0 Å². The molecule has 2 heteroatoms. The van der Waals surface area contributed by atoms with Crippen molar-refractivity contribution in [3.63, 3.8) is 0 Å². The number of nitrogens with one attached hydrogen (secondary N) is 1. The minimum absolute atomic E-state index is 0.776. The molecule has 3 fully saturated rings. The maximum Gasteiger partial charge on any atom is 0.0198 e. The van der Waals surface area contributed by atoms with Crippen molar-refractivity contribution in [3.05, 3.63) is 0 Å². The lowest BCUT2D eigenvalue weighted by molar-refractivity contribution is 0.0931. The van der Waals surface area contributed by atoms with Crippen LogP contribution in [-0.2, 0) is 0 Å². The quantitative estimate of drug-likeness (QED) is 0.791. The Bertz CT molecular complexity index is 268. The second-order valence-electron chi connectivity index (χ2n) is 7.32. The van der Waals surface area contributed by atoms with E-state index in [2.05, 4.69) is 17.1 Å². The zero-order valence-electron chi connectivity index (χ0n) is 12.7. The van der Waals surface area contributed by atoms with Crippen LogP contribution in [0.2, 0.25) is 0 Å². The Hall–Kier alpha value is -0.0800. The molecule has 0 bridgehead atoms. The monoisotopic (exact) mass is 264 g/mol. The Morgan fingerprint density at radius 1 is 1.00 bits per heavy atom. The van der Waals surface area contributed by atoms with Gasteiger partial charge in [-0.3, -0.25) is 4.90 Å². The highest BCUT2D eigenvalue weighted by atomic mass is 15.2. The molecule has 110 valence electrons. The first-order valence-electron chi connectivity index (χ1n) is 8.82. The topological polar surface area (TPSA) is 15.3 Å². The van der Waals surface area contributed by atoms with Gasteiger partial charge in [0, 0.05) is 25.2 Å². The molecule has 0 radical (unpaired) electrons. The first-order valence-corrected chi connectivity index (χ1v) is 8.82. The molecule has 3 aliphatic rings. The zero-order chi connectivity index (χ0) is 13.1. The van der Waals surface area contributed by atoms with Crippen molar-refractivity contribution in [2.45, 2.75) is 76.8 Å². The van der Waals surface area contributed by atoms with Crippen molar-refractivity contribution >= 4 is 0 Å². The third-order valence-electron chi connectivity index (χ3n) is 5.45. The molecule has 2 saturated carbocycles. The van der Waals surface area contributed by atoms with Gasteiger partial charge in [-0.1, -0.05) is 32.6 Å². The fourth-order valence-corrected chi connectivity index (χ4v) is 4.30. The lowest BCUT2D eigenvalue weighted by Gasteiger charge is -2.41. The Morgan fingerprint density at radius 2 is 1.79 bits per heavy atom. The molecule has 1 heterocycles. The van der Waals surface area contributed by atoms with Crippen LogP contribution in [-0.4, -0.2) is 36.6 Å². The molecule has 19 heavy (non-hydrogen) atoms. The molecule has 0 aromatic rings. The fraction of sp³-hybridized carbons (Fsp3) is 1.00. The summed E-state index contributed by atoms with van der Waals surface area (Å²) in [4.78, 5) is 2.86. The van der Waals surface area contributed by atoms with Crippen molar-refractivity contribution in [2.75, 3.05) is 19.6 Å². The van der Waals surface area contributed by atoms with Crippen molar-refractivity contribution < 1.29 is 0 Å². The van der Waals surface area contributed by atoms with E-state index < -0.39 is 0 Å². The normalized spacial score (nSPS) is 33.9. The van der Waals surface area contributed by atoms with Gasteiger partial charge in [0.15, 0.2) is 0 Å². The summed E-state index contributed by atoms with van der Waals surface area (Å²) in [7, 11) is 0. The summed E-state index contributed by atoms with van der Waals surface area (Å²) in [6.45, 7) is 6.23. The highest BCUT2D eigenvalue weighted by Gasteiger charge is 2.34. The van der Waals surface area contributed by atoms with E-state index in [0.717, 1.165) is 23.9 Å². The summed E-state index contributed by atoms with van der Waals surface area (Å²) in [5, 5.41) is 3.81. The summed E-state index contributed by atoms with van der Waals surface area (Å²) in [5.41, 5.74) is 0. The van der Waals surface area contributed by atoms with Crippen LogP contribution in [0.3, 0.4) is 0 Å². The number of nitrogens with zero attached hydrogens (tertiary/aromatic N) is 1. The summed E-state index contributed by atoms with van der Waals surface area (Å²) in [5.74, 6) is 2.08. The minimum atomic E-state index is 0.776. The molecule has 2 unspecified atom stereocenters. The molecule has 2 aliphatic carbocycles. The van der Waals surface area contributed by atoms with Gasteiger partial charge in [0.2, 0.25) is 0 Å². The highest BCUT2D eigenvalue weighted by Crippen LogP contribution is 2.38. The number of hydrogen-bond donors (Lipinski definition) is 1. The number of hydrogen-bond acceptors (Lipinski definition) is 2. The van der Waals surface area contributed by atoms with Gasteiger partial charge in [-0.2, -0.15) is 0 Å². The van der Waals surface area contributed by atoms with Crippen LogP contribution < -0.4 is 5.32 Å². The van der Waals surface area contributed by atoms with E-state index in [4.69, 9.17) is 0 Å². The summed E-state index contributed by atoms with van der Waals surface area (Å²) in [6, 6.07) is 1.70. The maximum atomic E-state index is 3.81. The van der Waals surface area contributed by atoms with Crippen LogP contribution in [0.25, 0.3) is 0 Å². The average Bonchev–Trinajstić information content (AvgIpc) is 3.07. The standard InChI is InChI=1S/C17H32N2/c1-2-9-18-16-11-15(10-14-7-8-14)12-19(13-16)17-5-3-4-6-17/h14-18H,2-13H2,1H3. The van der Waals surface area contributed by atoms with E-state index >= 15 is 0 Å². The highest BCUT2D eigenvalue weighted by molar-refractivity contribution is 4.90. The van der Waals surface area contributed by atoms with Crippen molar-refractivity contribution in [1.82, 2.24) is 10.2 Å². The number of likely N-dealkylation sites (tertiary alicyclic amines) is 1. The number of rotatable bonds is 6. The molecule has 2 atom stereocenters. The van der Waals surface area contributed by atoms with E-state index in [-0.39, 0.29) is 0 Å².